The Bertz CT molecular complexity index is 542. The minimum absolute atomic E-state index is 0.352. The molecule has 19 heavy (non-hydrogen) atoms. The van der Waals surface area contributed by atoms with E-state index in [9.17, 15) is 0 Å². The van der Waals surface area contributed by atoms with Crippen LogP contribution >= 0.6 is 38.6 Å². The van der Waals surface area contributed by atoms with E-state index in [1.165, 1.54) is 44.8 Å². The first kappa shape index (κ1) is 13.8. The number of halogens is 1. The number of nitrogens with one attached hydrogen (secondary N) is 1. The Morgan fingerprint density at radius 1 is 1.16 bits per heavy atom. The molecule has 1 aliphatic rings. The predicted molar refractivity (Wildman–Crippen MR) is 88.6 cm³/mol. The van der Waals surface area contributed by atoms with E-state index in [0.717, 1.165) is 0 Å². The van der Waals surface area contributed by atoms with Gasteiger partial charge in [0.25, 0.3) is 0 Å². The summed E-state index contributed by atoms with van der Waals surface area (Å²) >= 11 is 7.49. The number of aryl methyl sites for hydroxylation is 3. The third-order valence-electron chi connectivity index (χ3n) is 3.75. The second-order valence-corrected chi connectivity index (χ2v) is 8.70. The van der Waals surface area contributed by atoms with Gasteiger partial charge in [0.05, 0.1) is 9.83 Å². The van der Waals surface area contributed by atoms with E-state index < -0.39 is 0 Å². The van der Waals surface area contributed by atoms with E-state index in [1.807, 2.05) is 22.7 Å². The van der Waals surface area contributed by atoms with E-state index in [1.54, 1.807) is 10.4 Å². The van der Waals surface area contributed by atoms with Crippen molar-refractivity contribution in [2.75, 3.05) is 7.05 Å². The molecule has 3 rings (SSSR count). The third kappa shape index (κ3) is 2.68. The summed E-state index contributed by atoms with van der Waals surface area (Å²) in [6, 6.07) is 5.09. The fraction of sp³-hybridized carbons (Fsp3) is 0.467. The minimum atomic E-state index is 0.352. The van der Waals surface area contributed by atoms with Crippen LogP contribution in [0.15, 0.2) is 15.9 Å². The molecular formula is C15H18BrNS2. The maximum Gasteiger partial charge on any atom is 0.0763 e. The fourth-order valence-corrected chi connectivity index (χ4v) is 5.87. The van der Waals surface area contributed by atoms with Gasteiger partial charge in [-0.1, -0.05) is 0 Å². The molecule has 102 valence electrons. The maximum atomic E-state index is 3.64. The van der Waals surface area contributed by atoms with Crippen LogP contribution in [-0.4, -0.2) is 7.05 Å². The summed E-state index contributed by atoms with van der Waals surface area (Å²) in [5, 5.41) is 3.48. The fourth-order valence-electron chi connectivity index (χ4n) is 2.71. The van der Waals surface area contributed by atoms with Crippen LogP contribution < -0.4 is 5.32 Å². The average Bonchev–Trinajstić information content (AvgIpc) is 2.95. The highest BCUT2D eigenvalue weighted by molar-refractivity contribution is 9.11. The molecule has 0 aliphatic heterocycles. The van der Waals surface area contributed by atoms with E-state index in [2.05, 4.69) is 47.4 Å². The molecule has 0 amide bonds. The number of hydrogen-bond donors (Lipinski definition) is 1. The molecule has 0 spiro atoms. The van der Waals surface area contributed by atoms with Crippen LogP contribution in [0.1, 0.15) is 44.6 Å². The second-order valence-electron chi connectivity index (χ2n) is 5.13. The van der Waals surface area contributed by atoms with Crippen molar-refractivity contribution in [1.29, 1.82) is 0 Å². The SMILES string of the molecule is CNC(c1cc(C)c(Br)s1)c1cc2c(s1)CCCC2. The van der Waals surface area contributed by atoms with Gasteiger partial charge in [-0.05, 0) is 78.8 Å². The van der Waals surface area contributed by atoms with Crippen LogP contribution in [0, 0.1) is 6.92 Å². The van der Waals surface area contributed by atoms with Gasteiger partial charge in [0.15, 0.2) is 0 Å². The Labute approximate surface area is 131 Å². The maximum absolute atomic E-state index is 3.64. The highest BCUT2D eigenvalue weighted by atomic mass is 79.9. The summed E-state index contributed by atoms with van der Waals surface area (Å²) in [7, 11) is 2.06. The van der Waals surface area contributed by atoms with Gasteiger partial charge in [-0.15, -0.1) is 22.7 Å². The minimum Gasteiger partial charge on any atom is -0.308 e. The number of fused-ring (bicyclic) bond motifs is 1. The highest BCUT2D eigenvalue weighted by Crippen LogP contribution is 2.39. The zero-order chi connectivity index (χ0) is 13.4. The molecule has 1 unspecified atom stereocenters. The Hall–Kier alpha value is -0.160. The van der Waals surface area contributed by atoms with Crippen molar-refractivity contribution >= 4 is 38.6 Å². The summed E-state index contributed by atoms with van der Waals surface area (Å²) in [5.74, 6) is 0. The molecule has 0 radical (unpaired) electrons. The zero-order valence-corrected chi connectivity index (χ0v) is 14.5. The van der Waals surface area contributed by atoms with Crippen LogP contribution in [0.4, 0.5) is 0 Å². The van der Waals surface area contributed by atoms with Crippen LogP contribution in [0.25, 0.3) is 0 Å². The van der Waals surface area contributed by atoms with Gasteiger partial charge < -0.3 is 5.32 Å². The van der Waals surface area contributed by atoms with Gasteiger partial charge in [0, 0.05) is 14.6 Å². The van der Waals surface area contributed by atoms with Gasteiger partial charge in [0.2, 0.25) is 0 Å². The lowest BCUT2D eigenvalue weighted by atomic mass is 9.98. The number of rotatable bonds is 3. The largest absolute Gasteiger partial charge is 0.308 e. The lowest BCUT2D eigenvalue weighted by molar-refractivity contribution is 0.694. The summed E-state index contributed by atoms with van der Waals surface area (Å²) in [5.41, 5.74) is 2.93. The Kier molecular flexibility index (Phi) is 4.13. The second kappa shape index (κ2) is 5.68. The van der Waals surface area contributed by atoms with Crippen molar-refractivity contribution in [2.24, 2.45) is 0 Å². The van der Waals surface area contributed by atoms with Crippen molar-refractivity contribution in [3.05, 3.63) is 41.7 Å². The molecule has 1 aliphatic carbocycles. The molecule has 0 fully saturated rings. The summed E-state index contributed by atoms with van der Waals surface area (Å²) in [6.07, 6.45) is 5.27. The van der Waals surface area contributed by atoms with Crippen molar-refractivity contribution in [1.82, 2.24) is 5.32 Å². The van der Waals surface area contributed by atoms with Crippen molar-refractivity contribution in [3.8, 4) is 0 Å². The summed E-state index contributed by atoms with van der Waals surface area (Å²) < 4.78 is 1.25. The molecule has 0 aromatic carbocycles. The van der Waals surface area contributed by atoms with Gasteiger partial charge in [-0.25, -0.2) is 0 Å². The quantitative estimate of drug-likeness (QED) is 0.810. The van der Waals surface area contributed by atoms with E-state index in [-0.39, 0.29) is 0 Å². The van der Waals surface area contributed by atoms with Gasteiger partial charge in [-0.2, -0.15) is 0 Å². The molecule has 2 aromatic rings. The summed E-state index contributed by atoms with van der Waals surface area (Å²) in [4.78, 5) is 4.50. The van der Waals surface area contributed by atoms with Crippen LogP contribution in [0.3, 0.4) is 0 Å². The standard InChI is InChI=1S/C15H18BrNS2/c1-9-7-12(19-15(9)16)14(17-2)13-8-10-5-3-4-6-11(10)18-13/h7-8,14,17H,3-6H2,1-2H3. The molecule has 1 nitrogen and oxygen atoms in total. The molecule has 1 N–H and O–H groups in total. The third-order valence-corrected chi connectivity index (χ3v) is 7.25. The molecule has 2 heterocycles. The first-order chi connectivity index (χ1) is 9.19. The normalized spacial score (nSPS) is 16.4. The Balaban J connectivity index is 1.95. The van der Waals surface area contributed by atoms with E-state index in [0.29, 0.717) is 6.04 Å². The van der Waals surface area contributed by atoms with Gasteiger partial charge in [-0.3, -0.25) is 0 Å². The number of hydrogen-bond acceptors (Lipinski definition) is 3. The topological polar surface area (TPSA) is 12.0 Å². The van der Waals surface area contributed by atoms with Crippen LogP contribution in [-0.2, 0) is 12.8 Å². The van der Waals surface area contributed by atoms with Crippen molar-refractivity contribution in [3.63, 3.8) is 0 Å². The molecule has 4 heteroatoms. The highest BCUT2D eigenvalue weighted by Gasteiger charge is 2.21. The molecule has 2 aromatic heterocycles. The lowest BCUT2D eigenvalue weighted by Gasteiger charge is -2.12. The smallest absolute Gasteiger partial charge is 0.0763 e. The molecule has 1 atom stereocenters. The number of thiophene rings is 2. The van der Waals surface area contributed by atoms with Crippen LogP contribution in [0.2, 0.25) is 0 Å². The van der Waals surface area contributed by atoms with E-state index in [4.69, 9.17) is 0 Å². The molecule has 0 saturated heterocycles. The molecular weight excluding hydrogens is 338 g/mol. The predicted octanol–water partition coefficient (Wildman–Crippen LogP) is 5.07. The van der Waals surface area contributed by atoms with E-state index >= 15 is 0 Å². The molecule has 0 saturated carbocycles. The Morgan fingerprint density at radius 2 is 1.89 bits per heavy atom. The average molecular weight is 356 g/mol. The Morgan fingerprint density at radius 3 is 2.53 bits per heavy atom. The van der Waals surface area contributed by atoms with Crippen molar-refractivity contribution < 1.29 is 0 Å². The van der Waals surface area contributed by atoms with Gasteiger partial charge in [0.1, 0.15) is 0 Å². The monoisotopic (exact) mass is 355 g/mol. The van der Waals surface area contributed by atoms with Crippen molar-refractivity contribution in [2.45, 2.75) is 38.6 Å². The molecule has 0 bridgehead atoms. The lowest BCUT2D eigenvalue weighted by Crippen LogP contribution is -2.15. The van der Waals surface area contributed by atoms with Crippen LogP contribution in [0.5, 0.6) is 0 Å². The first-order valence-electron chi connectivity index (χ1n) is 6.73. The summed E-state index contributed by atoms with van der Waals surface area (Å²) in [6.45, 7) is 2.16. The zero-order valence-electron chi connectivity index (χ0n) is 11.3. The van der Waals surface area contributed by atoms with Gasteiger partial charge >= 0.3 is 0 Å². The first-order valence-corrected chi connectivity index (χ1v) is 9.16.